The van der Waals surface area contributed by atoms with Gasteiger partial charge < -0.3 is 8.85 Å². The number of ether oxygens (including phenoxy) is 1. The van der Waals surface area contributed by atoms with Crippen LogP contribution in [0.1, 0.15) is 52.4 Å². The summed E-state index contributed by atoms with van der Waals surface area (Å²) in [5, 5.41) is 0. The van der Waals surface area contributed by atoms with E-state index in [4.69, 9.17) is 8.85 Å². The van der Waals surface area contributed by atoms with Crippen LogP contribution >= 0.6 is 0 Å². The summed E-state index contributed by atoms with van der Waals surface area (Å²) in [5.74, 6) is 0.994. The topological polar surface area (TPSA) is 21.8 Å². The van der Waals surface area contributed by atoms with Gasteiger partial charge in [-0.3, -0.25) is 0 Å². The second kappa shape index (κ2) is 8.60. The summed E-state index contributed by atoms with van der Waals surface area (Å²) < 4.78 is 11.2. The van der Waals surface area contributed by atoms with Crippen LogP contribution in [0.15, 0.2) is 0 Å². The van der Waals surface area contributed by atoms with E-state index in [1.165, 1.54) is 44.6 Å². The van der Waals surface area contributed by atoms with Crippen molar-refractivity contribution >= 4 is 18.1 Å². The van der Waals surface area contributed by atoms with E-state index >= 15 is 0 Å². The van der Waals surface area contributed by atoms with Gasteiger partial charge >= 0.3 is 0 Å². The van der Waals surface area contributed by atoms with Crippen molar-refractivity contribution in [3.8, 4) is 0 Å². The molecule has 2 rings (SSSR count). The zero-order valence-electron chi connectivity index (χ0n) is 13.7. The number of hydrogen-bond acceptors (Lipinski definition) is 2. The van der Waals surface area contributed by atoms with Gasteiger partial charge in [-0.05, 0) is 44.3 Å². The summed E-state index contributed by atoms with van der Waals surface area (Å²) in [6.45, 7) is 11.3. The minimum atomic E-state index is -1.14. The molecule has 0 radical (unpaired) electrons. The van der Waals surface area contributed by atoms with E-state index in [-0.39, 0.29) is 9.76 Å². The average Bonchev–Trinajstić information content (AvgIpc) is 3.08. The molecule has 1 heterocycles. The summed E-state index contributed by atoms with van der Waals surface area (Å²) in [6, 6.07) is 1.33. The van der Waals surface area contributed by atoms with Gasteiger partial charge in [0.25, 0.3) is 0 Å². The Balaban J connectivity index is 0.000000192. The SMILES string of the molecule is CCCC1CCC2OC2C1.CCC[Si](C)(C)O[SiH2]C. The Morgan fingerprint density at radius 3 is 2.42 bits per heavy atom. The van der Waals surface area contributed by atoms with Crippen molar-refractivity contribution in [3.05, 3.63) is 0 Å². The second-order valence-electron chi connectivity index (χ2n) is 6.62. The summed E-state index contributed by atoms with van der Waals surface area (Å²) in [6.07, 6.45) is 9.56. The van der Waals surface area contributed by atoms with Crippen LogP contribution in [-0.4, -0.2) is 30.3 Å². The number of hydrogen-bond donors (Lipinski definition) is 0. The molecule has 4 heteroatoms. The van der Waals surface area contributed by atoms with Crippen LogP contribution in [-0.2, 0) is 8.85 Å². The molecule has 3 atom stereocenters. The molecule has 0 amide bonds. The first-order valence-corrected chi connectivity index (χ1v) is 13.4. The lowest BCUT2D eigenvalue weighted by Crippen LogP contribution is -2.30. The highest BCUT2D eigenvalue weighted by molar-refractivity contribution is 6.74. The molecule has 2 aliphatic rings. The maximum atomic E-state index is 5.75. The van der Waals surface area contributed by atoms with Gasteiger partial charge in [-0.25, -0.2) is 0 Å². The minimum absolute atomic E-state index is 0.149. The summed E-state index contributed by atoms with van der Waals surface area (Å²) in [7, 11) is -1.29. The maximum absolute atomic E-state index is 5.75. The molecule has 0 aromatic rings. The molecule has 0 bridgehead atoms. The monoisotopic (exact) mass is 302 g/mol. The summed E-state index contributed by atoms with van der Waals surface area (Å²) in [4.78, 5) is 0. The third-order valence-corrected chi connectivity index (χ3v) is 10.2. The molecule has 0 aromatic carbocycles. The molecule has 19 heavy (non-hydrogen) atoms. The Morgan fingerprint density at radius 2 is 1.89 bits per heavy atom. The fourth-order valence-corrected chi connectivity index (χ4v) is 8.13. The minimum Gasteiger partial charge on any atom is -0.461 e. The Morgan fingerprint density at radius 1 is 1.16 bits per heavy atom. The van der Waals surface area contributed by atoms with Crippen molar-refractivity contribution in [3.63, 3.8) is 0 Å². The third-order valence-electron chi connectivity index (χ3n) is 4.20. The standard InChI is InChI=1S/C9H16O.C6H18OSi2/c1-2-3-7-4-5-8-9(6-7)10-8;1-5-6-9(3,4)7-8-2/h7-9H,2-6H2,1H3;5-6,8H2,1-4H3. The van der Waals surface area contributed by atoms with E-state index in [0.29, 0.717) is 12.2 Å². The number of fused-ring (bicyclic) bond motifs is 1. The van der Waals surface area contributed by atoms with Crippen molar-refractivity contribution in [1.29, 1.82) is 0 Å². The fraction of sp³-hybridized carbons (Fsp3) is 1.00. The summed E-state index contributed by atoms with van der Waals surface area (Å²) >= 11 is 0. The largest absolute Gasteiger partial charge is 0.461 e. The van der Waals surface area contributed by atoms with Gasteiger partial charge in [0.15, 0.2) is 8.32 Å². The molecule has 3 unspecified atom stereocenters. The van der Waals surface area contributed by atoms with Crippen molar-refractivity contribution in [1.82, 2.24) is 0 Å². The normalized spacial score (nSPS) is 29.8. The highest BCUT2D eigenvalue weighted by Crippen LogP contribution is 2.40. The molecule has 2 nitrogen and oxygen atoms in total. The van der Waals surface area contributed by atoms with Gasteiger partial charge in [-0.1, -0.05) is 39.7 Å². The first-order chi connectivity index (χ1) is 9.02. The van der Waals surface area contributed by atoms with Crippen LogP contribution in [0.25, 0.3) is 0 Å². The van der Waals surface area contributed by atoms with E-state index < -0.39 is 8.32 Å². The van der Waals surface area contributed by atoms with Gasteiger partial charge in [0.1, 0.15) is 9.76 Å². The van der Waals surface area contributed by atoms with Crippen LogP contribution in [0.2, 0.25) is 25.7 Å². The van der Waals surface area contributed by atoms with Crippen LogP contribution in [0.5, 0.6) is 0 Å². The molecule has 2 fully saturated rings. The number of rotatable bonds is 6. The highest BCUT2D eigenvalue weighted by Gasteiger charge is 2.43. The Bertz CT molecular complexity index is 238. The molecule has 1 saturated carbocycles. The summed E-state index contributed by atoms with van der Waals surface area (Å²) in [5.41, 5.74) is 0. The van der Waals surface area contributed by atoms with Crippen LogP contribution in [0.3, 0.4) is 0 Å². The van der Waals surface area contributed by atoms with E-state index in [0.717, 1.165) is 5.92 Å². The maximum Gasteiger partial charge on any atom is 0.172 e. The quantitative estimate of drug-likeness (QED) is 0.544. The smallest absolute Gasteiger partial charge is 0.172 e. The zero-order chi connectivity index (χ0) is 14.3. The van der Waals surface area contributed by atoms with E-state index in [1.54, 1.807) is 0 Å². The molecule has 0 spiro atoms. The van der Waals surface area contributed by atoms with Crippen LogP contribution in [0, 0.1) is 5.92 Å². The predicted molar refractivity (Wildman–Crippen MR) is 89.0 cm³/mol. The van der Waals surface area contributed by atoms with Gasteiger partial charge in [0.05, 0.1) is 12.2 Å². The molecule has 1 aliphatic carbocycles. The van der Waals surface area contributed by atoms with Gasteiger partial charge in [0, 0.05) is 0 Å². The highest BCUT2D eigenvalue weighted by atomic mass is 28.4. The Kier molecular flexibility index (Phi) is 7.88. The third kappa shape index (κ3) is 7.07. The molecular formula is C15H34O2Si2. The molecule has 1 saturated heterocycles. The Hall–Kier alpha value is 0.354. The lowest BCUT2D eigenvalue weighted by atomic mass is 9.86. The first kappa shape index (κ1) is 17.4. The molecule has 114 valence electrons. The van der Waals surface area contributed by atoms with Crippen molar-refractivity contribution < 1.29 is 8.85 Å². The van der Waals surface area contributed by atoms with Crippen molar-refractivity contribution in [2.75, 3.05) is 0 Å². The lowest BCUT2D eigenvalue weighted by Gasteiger charge is -2.21. The molecular weight excluding hydrogens is 268 g/mol. The number of epoxide rings is 1. The predicted octanol–water partition coefficient (Wildman–Crippen LogP) is 4.10. The van der Waals surface area contributed by atoms with Gasteiger partial charge in [-0.15, -0.1) is 0 Å². The Labute approximate surface area is 123 Å². The average molecular weight is 303 g/mol. The fourth-order valence-electron chi connectivity index (χ4n) is 3.22. The molecule has 0 N–H and O–H groups in total. The second-order valence-corrected chi connectivity index (χ2v) is 12.4. The van der Waals surface area contributed by atoms with E-state index in [9.17, 15) is 0 Å². The van der Waals surface area contributed by atoms with Crippen molar-refractivity contribution in [2.45, 2.75) is 90.3 Å². The van der Waals surface area contributed by atoms with Crippen LogP contribution < -0.4 is 0 Å². The van der Waals surface area contributed by atoms with E-state index in [1.807, 2.05) is 0 Å². The van der Waals surface area contributed by atoms with Gasteiger partial charge in [0.2, 0.25) is 0 Å². The van der Waals surface area contributed by atoms with Crippen LogP contribution in [0.4, 0.5) is 0 Å². The van der Waals surface area contributed by atoms with Crippen molar-refractivity contribution in [2.24, 2.45) is 5.92 Å². The first-order valence-electron chi connectivity index (χ1n) is 8.31. The molecule has 1 aliphatic heterocycles. The molecule has 0 aromatic heterocycles. The lowest BCUT2D eigenvalue weighted by molar-refractivity contribution is 0.350. The van der Waals surface area contributed by atoms with E-state index in [2.05, 4.69) is 33.5 Å². The zero-order valence-corrected chi connectivity index (χ0v) is 16.1. The van der Waals surface area contributed by atoms with Gasteiger partial charge in [-0.2, -0.15) is 0 Å².